The van der Waals surface area contributed by atoms with Crippen molar-refractivity contribution < 1.29 is 124 Å². The summed E-state index contributed by atoms with van der Waals surface area (Å²) in [7, 11) is 16.3. The zero-order valence-corrected chi connectivity index (χ0v) is 78.1. The van der Waals surface area contributed by atoms with Crippen LogP contribution in [0.3, 0.4) is 0 Å². The topological polar surface area (TPSA) is 368 Å². The van der Waals surface area contributed by atoms with Crippen molar-refractivity contribution in [1.82, 2.24) is 34.7 Å². The number of piperazine rings is 3. The number of carboxylic acids is 1. The van der Waals surface area contributed by atoms with Gasteiger partial charge in [0.25, 0.3) is 17.7 Å². The maximum atomic E-state index is 14.1. The van der Waals surface area contributed by atoms with E-state index < -0.39 is 58.8 Å². The van der Waals surface area contributed by atoms with Gasteiger partial charge in [-0.2, -0.15) is 12.6 Å². The van der Waals surface area contributed by atoms with Gasteiger partial charge in [-0.05, 0) is 200 Å². The van der Waals surface area contributed by atoms with Crippen LogP contribution < -0.4 is 72.1 Å². The number of amides is 5. The summed E-state index contributed by atoms with van der Waals surface area (Å²) < 4.78 is 67.0. The minimum absolute atomic E-state index is 0. The average molecular weight is 1780 g/mol. The molecule has 37 heteroatoms. The van der Waals surface area contributed by atoms with Crippen LogP contribution in [0.25, 0.3) is 0 Å². The molecule has 0 aromatic heterocycles. The Morgan fingerprint density at radius 2 is 0.786 bits per heavy atom. The summed E-state index contributed by atoms with van der Waals surface area (Å²) in [4.78, 5) is 136. The summed E-state index contributed by atoms with van der Waals surface area (Å²) in [6, 6.07) is 39.5. The van der Waals surface area contributed by atoms with E-state index in [1.54, 1.807) is 52.7 Å². The third-order valence-electron chi connectivity index (χ3n) is 18.0. The molecule has 0 spiro atoms. The number of thiol groups is 1. The molecule has 30 nitrogen and oxygen atoms in total. The van der Waals surface area contributed by atoms with Crippen molar-refractivity contribution in [3.63, 3.8) is 0 Å². The number of piperidine rings is 1. The molecule has 11 rings (SSSR count). The van der Waals surface area contributed by atoms with Gasteiger partial charge >= 0.3 is 59.7 Å². The average Bonchev–Trinajstić information content (AvgIpc) is 0.805. The number of hydrogen-bond donors (Lipinski definition) is 7. The molecule has 5 amide bonds. The first kappa shape index (κ1) is 111. The van der Waals surface area contributed by atoms with Gasteiger partial charge in [0, 0.05) is 213 Å². The maximum Gasteiger partial charge on any atom is 1.00 e. The third-order valence-corrected chi connectivity index (χ3v) is 18.0. The zero-order chi connectivity index (χ0) is 93.8. The van der Waals surface area contributed by atoms with Gasteiger partial charge in [-0.15, -0.1) is 0 Å². The summed E-state index contributed by atoms with van der Waals surface area (Å²) in [5.41, 5.74) is 24.1. The fourth-order valence-corrected chi connectivity index (χ4v) is 11.5. The number of aldehydes is 1. The fraction of sp³-hybridized carbons (Fsp3) is 0.416. The van der Waals surface area contributed by atoms with E-state index in [0.29, 0.717) is 62.8 Å². The Kier molecular flexibility index (Phi) is 49.8. The molecule has 7 aromatic carbocycles. The van der Waals surface area contributed by atoms with Crippen molar-refractivity contribution in [3.05, 3.63) is 208 Å². The minimum Gasteiger partial charge on any atom is -0.793 e. The summed E-state index contributed by atoms with van der Waals surface area (Å²) in [5.74, 6) is -5.51. The first-order valence-electron chi connectivity index (χ1n) is 40.0. The van der Waals surface area contributed by atoms with Gasteiger partial charge in [0.05, 0.1) is 22.3 Å². The number of nitrogens with one attached hydrogen (secondary N) is 2. The molecule has 4 saturated heterocycles. The number of carbonyl (C=O) groups excluding carboxylic acids is 9. The summed E-state index contributed by atoms with van der Waals surface area (Å²) in [6.07, 6.45) is 5.13. The second-order valence-electron chi connectivity index (χ2n) is 30.9. The smallest absolute Gasteiger partial charge is 0.793 e. The van der Waals surface area contributed by atoms with E-state index in [1.165, 1.54) is 66.7 Å². The van der Waals surface area contributed by atoms with Crippen LogP contribution in [0.15, 0.2) is 146 Å². The summed E-state index contributed by atoms with van der Waals surface area (Å²) in [5, 5.41) is 15.0. The second kappa shape index (κ2) is 56.6. The first-order chi connectivity index (χ1) is 58.9. The predicted molar refractivity (Wildman–Crippen MR) is 482 cm³/mol. The number of rotatable bonds is 13. The summed E-state index contributed by atoms with van der Waals surface area (Å²) >= 11 is 3.53. The SMILES string of the molecule is CC(=O)OOC(C)=O.CC(C)(C)OC(=O)N1CCN(C(=O)c2cc(F)ccc2N)CC1.CC(C)(C)OC(=O)N1CCNCC1.CN(C)c1ccc(C=O)cc1.CN(C)c1ccc(CNc2ccc(F)cc2C(=O)N2CCN(Cc3ccc(N(C)C)cc3)CC2)cc1.CS.Nc1ccc(F)cc1C(=O)N1CCCCC1.Nc1ccc(F)cc1C(=O)O.[B-]OC(C)=O.[Na+]. The largest absolute Gasteiger partial charge is 1.00 e. The number of likely N-dealkylation sites (tertiary alicyclic amines) is 1. The van der Waals surface area contributed by atoms with Crippen molar-refractivity contribution in [3.8, 4) is 0 Å². The molecule has 0 atom stereocenters. The van der Waals surface area contributed by atoms with Gasteiger partial charge in [0.15, 0.2) is 0 Å². The number of nitrogen functional groups attached to an aromatic ring is 3. The Morgan fingerprint density at radius 3 is 1.14 bits per heavy atom. The van der Waals surface area contributed by atoms with Crippen molar-refractivity contribution in [2.24, 2.45) is 0 Å². The van der Waals surface area contributed by atoms with E-state index in [1.807, 2.05) is 97.1 Å². The molecule has 0 unspecified atom stereocenters. The molecule has 0 aliphatic carbocycles. The van der Waals surface area contributed by atoms with Gasteiger partial charge in [-0.3, -0.25) is 28.9 Å². The maximum absolute atomic E-state index is 14.1. The molecule has 4 fully saturated rings. The molecule has 0 saturated carbocycles. The molecule has 3 radical (unpaired) electrons. The second-order valence-corrected chi connectivity index (χ2v) is 30.9. The Labute approximate surface area is 765 Å². The third kappa shape index (κ3) is 42.1. The number of anilines is 7. The van der Waals surface area contributed by atoms with Gasteiger partial charge in [0.2, 0.25) is 5.97 Å². The van der Waals surface area contributed by atoms with E-state index in [4.69, 9.17) is 31.8 Å². The van der Waals surface area contributed by atoms with Crippen LogP contribution in [0.4, 0.5) is 67.0 Å². The number of nitrogens with zero attached hydrogens (tertiary/aromatic N) is 9. The van der Waals surface area contributed by atoms with Crippen molar-refractivity contribution in [1.29, 1.82) is 0 Å². The van der Waals surface area contributed by atoms with Gasteiger partial charge < -0.3 is 94.3 Å². The fourth-order valence-electron chi connectivity index (χ4n) is 11.5. The molecule has 0 bridgehead atoms. The molecule has 4 heterocycles. The van der Waals surface area contributed by atoms with Crippen LogP contribution in [0, 0.1) is 23.3 Å². The van der Waals surface area contributed by atoms with Crippen LogP contribution in [-0.2, 0) is 51.4 Å². The molecule has 4 aliphatic rings. The number of hydrogen-bond acceptors (Lipinski definition) is 25. The number of halogens is 4. The minimum atomic E-state index is -1.22. The van der Waals surface area contributed by atoms with Crippen LogP contribution >= 0.6 is 12.6 Å². The predicted octanol–water partition coefficient (Wildman–Crippen LogP) is 9.37. The molecule has 4 aliphatic heterocycles. The van der Waals surface area contributed by atoms with E-state index >= 15 is 0 Å². The molecular weight excluding hydrogens is 1660 g/mol. The van der Waals surface area contributed by atoms with E-state index in [-0.39, 0.29) is 87.0 Å². The van der Waals surface area contributed by atoms with Crippen molar-refractivity contribution >= 4 is 121 Å². The Balaban J connectivity index is 0.000000520. The number of benzene rings is 7. The van der Waals surface area contributed by atoms with Crippen LogP contribution in [0.5, 0.6) is 0 Å². The number of ether oxygens (including phenoxy) is 2. The number of aromatic carboxylic acids is 1. The Hall–Kier alpha value is -11.3. The quantitative estimate of drug-likeness (QED) is 0.0107. The van der Waals surface area contributed by atoms with E-state index in [9.17, 15) is 65.5 Å². The van der Waals surface area contributed by atoms with Crippen LogP contribution in [-0.4, -0.2) is 254 Å². The number of carboxylic acid groups (broad SMARTS) is 1. The molecule has 7 aromatic rings. The standard InChI is InChI=1S/C29H36FN5O.C16H22FN3O3.C12H15FN2O.C9H18N2O2.C9H11NO.C7H6FNO2.C4H6O4.C2H3BO2.CH4S.Na/c1-32(2)25-10-5-22(6-11-25)20-31-28-14-9-24(30)19-27(28)29(36)35-17-15-34(16-18-35)21-23-7-12-26(13-8-23)33(3)4;1-16(2,3)23-15(22)20-8-6-19(7-9-20)14(21)12-10-11(17)4-5-13(12)18;13-9-4-5-11(14)10(8-9)12(16)15-6-2-1-3-7-15;1-9(2,3)13-8(12)11-6-4-10-5-7-11;1-10(2)9-5-3-8(7-11)4-6-9;8-4-1-2-6(9)5(3-4)7(10)11;1-3(5)7-8-4(2)6;1-2(4)5-3;1-2;/h5-14,19,31H,15-18,20-21H2,1-4H3;4-5,10H,6-9,18H2,1-3H3;4-5,8H,1-3,6-7,14H2;10H,4-7H2,1-3H3;3-7H,1-2H3;1-3H,9H2,(H,10,11);1-2H3;1H3;2H,1H3;/q;;;;;;;-1;;+1. The Morgan fingerprint density at radius 1 is 0.460 bits per heavy atom. The van der Waals surface area contributed by atoms with Crippen LogP contribution in [0.1, 0.15) is 144 Å². The van der Waals surface area contributed by atoms with Gasteiger partial charge in [-0.1, -0.05) is 24.3 Å². The molecule has 126 heavy (non-hydrogen) atoms. The van der Waals surface area contributed by atoms with Crippen molar-refractivity contribution in [2.75, 3.05) is 177 Å². The molecule has 9 N–H and O–H groups in total. The first-order valence-corrected chi connectivity index (χ1v) is 40.9. The van der Waals surface area contributed by atoms with Gasteiger partial charge in [0.1, 0.15) is 40.8 Å². The van der Waals surface area contributed by atoms with Crippen molar-refractivity contribution in [2.45, 2.75) is 106 Å². The zero-order valence-electron chi connectivity index (χ0n) is 75.2. The van der Waals surface area contributed by atoms with E-state index in [2.05, 4.69) is 109 Å². The number of carbonyl (C=O) groups is 10. The molecule has 681 valence electrons. The monoisotopic (exact) mass is 1780 g/mol. The molecular formula is C89H121BF4N14NaO16S. The normalized spacial score (nSPS) is 13.2. The van der Waals surface area contributed by atoms with Crippen LogP contribution in [0.2, 0.25) is 0 Å². The Bertz CT molecular complexity index is 4570. The number of nitrogens with two attached hydrogens (primary N) is 3. The van der Waals surface area contributed by atoms with Gasteiger partial charge in [-0.25, -0.2) is 51.3 Å². The summed E-state index contributed by atoms with van der Waals surface area (Å²) in [6.45, 7) is 25.0. The van der Waals surface area contributed by atoms with E-state index in [0.717, 1.165) is 139 Å².